The molecule has 1 amide bonds. The molecule has 22 heavy (non-hydrogen) atoms. The minimum Gasteiger partial charge on any atom is -0.391 e. The van der Waals surface area contributed by atoms with Crippen molar-refractivity contribution < 1.29 is 14.3 Å². The van der Waals surface area contributed by atoms with E-state index in [0.29, 0.717) is 26.1 Å². The number of amides is 1. The third-order valence-corrected chi connectivity index (χ3v) is 4.63. The highest BCUT2D eigenvalue weighted by atomic mass is 19.1. The summed E-state index contributed by atoms with van der Waals surface area (Å²) in [5, 5.41) is 9.58. The Bertz CT molecular complexity index is 537. The van der Waals surface area contributed by atoms with Gasteiger partial charge in [-0.2, -0.15) is 0 Å². The maximum Gasteiger partial charge on any atom is 0.227 e. The van der Waals surface area contributed by atoms with E-state index < -0.39 is 0 Å². The van der Waals surface area contributed by atoms with Crippen LogP contribution in [0.2, 0.25) is 0 Å². The quantitative estimate of drug-likeness (QED) is 0.923. The lowest BCUT2D eigenvalue weighted by Crippen LogP contribution is -2.44. The van der Waals surface area contributed by atoms with Crippen molar-refractivity contribution in [3.05, 3.63) is 35.6 Å². The number of carbonyl (C=O) groups is 1. The number of aliphatic hydroxyl groups excluding tert-OH is 1. The van der Waals surface area contributed by atoms with Crippen molar-refractivity contribution in [3.8, 4) is 0 Å². The molecule has 5 heteroatoms. The predicted octanol–water partition coefficient (Wildman–Crippen LogP) is 1.63. The molecule has 2 saturated heterocycles. The maximum absolute atomic E-state index is 13.3. The summed E-state index contributed by atoms with van der Waals surface area (Å²) in [7, 11) is 0. The van der Waals surface area contributed by atoms with Gasteiger partial charge in [0, 0.05) is 26.2 Å². The molecule has 2 aliphatic heterocycles. The lowest BCUT2D eigenvalue weighted by Gasteiger charge is -2.34. The minimum absolute atomic E-state index is 0.00705. The van der Waals surface area contributed by atoms with Gasteiger partial charge >= 0.3 is 0 Å². The zero-order chi connectivity index (χ0) is 15.5. The van der Waals surface area contributed by atoms with Crippen molar-refractivity contribution in [2.45, 2.75) is 31.9 Å². The lowest BCUT2D eigenvalue weighted by atomic mass is 9.96. The first-order chi connectivity index (χ1) is 10.6. The second kappa shape index (κ2) is 6.75. The number of aliphatic hydroxyl groups is 1. The summed E-state index contributed by atoms with van der Waals surface area (Å²) < 4.78 is 13.3. The number of piperidine rings is 1. The average molecular weight is 306 g/mol. The number of β-amino-alcohol motifs (C(OH)–C–C–N with tert-alkyl or cyclic N) is 1. The van der Waals surface area contributed by atoms with Gasteiger partial charge in [0.25, 0.3) is 0 Å². The zero-order valence-corrected chi connectivity index (χ0v) is 12.7. The van der Waals surface area contributed by atoms with E-state index in [9.17, 15) is 14.3 Å². The lowest BCUT2D eigenvalue weighted by molar-refractivity contribution is -0.136. The fourth-order valence-electron chi connectivity index (χ4n) is 3.49. The molecule has 2 aliphatic rings. The summed E-state index contributed by atoms with van der Waals surface area (Å²) in [5.41, 5.74) is 0.949. The molecule has 1 unspecified atom stereocenters. The largest absolute Gasteiger partial charge is 0.391 e. The Hall–Kier alpha value is -1.46. The Morgan fingerprint density at radius 3 is 2.86 bits per heavy atom. The van der Waals surface area contributed by atoms with Crippen LogP contribution < -0.4 is 0 Å². The van der Waals surface area contributed by atoms with Crippen molar-refractivity contribution >= 4 is 5.91 Å². The minimum atomic E-state index is -0.365. The topological polar surface area (TPSA) is 43.8 Å². The highest BCUT2D eigenvalue weighted by Gasteiger charge is 2.32. The summed E-state index contributed by atoms with van der Waals surface area (Å²) >= 11 is 0. The van der Waals surface area contributed by atoms with Crippen molar-refractivity contribution in [1.29, 1.82) is 0 Å². The van der Waals surface area contributed by atoms with Gasteiger partial charge in [-0.3, -0.25) is 9.69 Å². The molecule has 2 heterocycles. The molecule has 0 radical (unpaired) electrons. The summed E-state index contributed by atoms with van der Waals surface area (Å²) in [4.78, 5) is 16.5. The number of likely N-dealkylation sites (tertiary alicyclic amines) is 2. The summed E-state index contributed by atoms with van der Waals surface area (Å²) in [6.45, 7) is 3.49. The average Bonchev–Trinajstić information content (AvgIpc) is 2.93. The van der Waals surface area contributed by atoms with Crippen LogP contribution in [0.15, 0.2) is 24.3 Å². The van der Waals surface area contributed by atoms with Gasteiger partial charge in [-0.05, 0) is 43.5 Å². The van der Waals surface area contributed by atoms with Crippen molar-refractivity contribution in [2.24, 2.45) is 5.92 Å². The molecule has 3 rings (SSSR count). The number of nitrogens with zero attached hydrogens (tertiary/aromatic N) is 2. The van der Waals surface area contributed by atoms with Gasteiger partial charge in [-0.25, -0.2) is 4.39 Å². The smallest absolute Gasteiger partial charge is 0.227 e. The van der Waals surface area contributed by atoms with E-state index in [1.165, 1.54) is 6.07 Å². The molecule has 0 saturated carbocycles. The van der Waals surface area contributed by atoms with Gasteiger partial charge < -0.3 is 10.0 Å². The molecule has 1 aromatic carbocycles. The van der Waals surface area contributed by atoms with Gasteiger partial charge in [-0.15, -0.1) is 0 Å². The predicted molar refractivity (Wildman–Crippen MR) is 81.6 cm³/mol. The molecule has 0 bridgehead atoms. The normalized spacial score (nSPS) is 26.4. The number of halogens is 1. The van der Waals surface area contributed by atoms with Gasteiger partial charge in [-0.1, -0.05) is 12.1 Å². The Kier molecular flexibility index (Phi) is 4.74. The second-order valence-corrected chi connectivity index (χ2v) is 6.43. The molecule has 2 atom stereocenters. The molecule has 1 N–H and O–H groups in total. The highest BCUT2D eigenvalue weighted by Crippen LogP contribution is 2.22. The van der Waals surface area contributed by atoms with E-state index >= 15 is 0 Å². The SMILES string of the molecule is O=C(C1CCCN(Cc2cccc(F)c2)C1)N1CC[C@@H](O)C1. The van der Waals surface area contributed by atoms with Crippen LogP contribution >= 0.6 is 0 Å². The Morgan fingerprint density at radius 1 is 1.27 bits per heavy atom. The fourth-order valence-corrected chi connectivity index (χ4v) is 3.49. The van der Waals surface area contributed by atoms with Crippen LogP contribution in [0.3, 0.4) is 0 Å². The molecule has 0 spiro atoms. The van der Waals surface area contributed by atoms with E-state index in [2.05, 4.69) is 4.90 Å². The summed E-state index contributed by atoms with van der Waals surface area (Å²) in [6, 6.07) is 6.65. The number of hydrogen-bond donors (Lipinski definition) is 1. The molecule has 1 aromatic rings. The third-order valence-electron chi connectivity index (χ3n) is 4.63. The van der Waals surface area contributed by atoms with Gasteiger partial charge in [0.2, 0.25) is 5.91 Å². The van der Waals surface area contributed by atoms with Crippen LogP contribution in [0.1, 0.15) is 24.8 Å². The monoisotopic (exact) mass is 306 g/mol. The number of hydrogen-bond acceptors (Lipinski definition) is 3. The maximum atomic E-state index is 13.3. The molecule has 0 aromatic heterocycles. The highest BCUT2D eigenvalue weighted by molar-refractivity contribution is 5.79. The van der Waals surface area contributed by atoms with Crippen LogP contribution in [-0.2, 0) is 11.3 Å². The molecule has 0 aliphatic carbocycles. The molecule has 2 fully saturated rings. The van der Waals surface area contributed by atoms with E-state index in [-0.39, 0.29) is 23.7 Å². The van der Waals surface area contributed by atoms with E-state index in [1.54, 1.807) is 17.0 Å². The number of benzene rings is 1. The van der Waals surface area contributed by atoms with Crippen LogP contribution in [0.25, 0.3) is 0 Å². The first-order valence-electron chi connectivity index (χ1n) is 8.05. The molecular formula is C17H23FN2O2. The third kappa shape index (κ3) is 3.65. The second-order valence-electron chi connectivity index (χ2n) is 6.43. The summed E-state index contributed by atoms with van der Waals surface area (Å²) in [6.07, 6.45) is 2.22. The first-order valence-corrected chi connectivity index (χ1v) is 8.05. The van der Waals surface area contributed by atoms with Crippen molar-refractivity contribution in [1.82, 2.24) is 9.80 Å². The van der Waals surface area contributed by atoms with E-state index in [0.717, 1.165) is 31.5 Å². The zero-order valence-electron chi connectivity index (χ0n) is 12.7. The molecule has 120 valence electrons. The Morgan fingerprint density at radius 2 is 2.14 bits per heavy atom. The van der Waals surface area contributed by atoms with Crippen molar-refractivity contribution in [2.75, 3.05) is 26.2 Å². The van der Waals surface area contributed by atoms with Gasteiger partial charge in [0.15, 0.2) is 0 Å². The Labute approximate surface area is 130 Å². The first kappa shape index (κ1) is 15.4. The number of carbonyl (C=O) groups excluding carboxylic acids is 1. The van der Waals surface area contributed by atoms with Gasteiger partial charge in [0.05, 0.1) is 12.0 Å². The standard InChI is InChI=1S/C17H23FN2O2/c18-15-5-1-3-13(9-15)10-19-7-2-4-14(11-19)17(22)20-8-6-16(21)12-20/h1,3,5,9,14,16,21H,2,4,6-8,10-12H2/t14?,16-/m1/s1. The summed E-state index contributed by atoms with van der Waals surface area (Å²) in [5.74, 6) is -0.0405. The fraction of sp³-hybridized carbons (Fsp3) is 0.588. The van der Waals surface area contributed by atoms with Crippen LogP contribution in [0.5, 0.6) is 0 Å². The van der Waals surface area contributed by atoms with Crippen LogP contribution in [-0.4, -0.2) is 53.1 Å². The Balaban J connectivity index is 1.58. The molecule has 4 nitrogen and oxygen atoms in total. The van der Waals surface area contributed by atoms with Gasteiger partial charge in [0.1, 0.15) is 5.82 Å². The van der Waals surface area contributed by atoms with E-state index in [4.69, 9.17) is 0 Å². The number of rotatable bonds is 3. The molecular weight excluding hydrogens is 283 g/mol. The van der Waals surface area contributed by atoms with E-state index in [1.807, 2.05) is 6.07 Å². The van der Waals surface area contributed by atoms with Crippen LogP contribution in [0, 0.1) is 11.7 Å². The van der Waals surface area contributed by atoms with Crippen LogP contribution in [0.4, 0.5) is 4.39 Å². The van der Waals surface area contributed by atoms with Crippen molar-refractivity contribution in [3.63, 3.8) is 0 Å².